The van der Waals surface area contributed by atoms with Gasteiger partial charge in [0, 0.05) is 11.1 Å². The average Bonchev–Trinajstić information content (AvgIpc) is 2.82. The summed E-state index contributed by atoms with van der Waals surface area (Å²) in [5.41, 5.74) is 3.78. The first-order valence-electron chi connectivity index (χ1n) is 10.1. The van der Waals surface area contributed by atoms with Crippen LogP contribution in [0.2, 0.25) is 0 Å². The van der Waals surface area contributed by atoms with Gasteiger partial charge in [-0.2, -0.15) is 5.26 Å². The minimum absolute atomic E-state index is 0.295. The third-order valence-electron chi connectivity index (χ3n) is 4.74. The van der Waals surface area contributed by atoms with Crippen LogP contribution >= 0.6 is 11.8 Å². The van der Waals surface area contributed by atoms with Crippen molar-refractivity contribution in [2.75, 3.05) is 13.7 Å². The number of pyridine rings is 1. The first kappa shape index (κ1) is 22.4. The molecule has 3 aromatic rings. The molecule has 3 rings (SSSR count). The fourth-order valence-corrected chi connectivity index (χ4v) is 4.16. The predicted octanol–water partition coefficient (Wildman–Crippen LogP) is 5.73. The Balaban J connectivity index is 2.15. The summed E-state index contributed by atoms with van der Waals surface area (Å²) in [4.78, 5) is 17.2. The Kier molecular flexibility index (Phi) is 7.69. The van der Waals surface area contributed by atoms with Crippen LogP contribution in [-0.2, 0) is 9.53 Å². The molecule has 0 saturated heterocycles. The minimum Gasteiger partial charge on any atom is -0.497 e. The molecule has 158 valence electrons. The van der Waals surface area contributed by atoms with Crippen LogP contribution in [0.4, 0.5) is 0 Å². The van der Waals surface area contributed by atoms with Crippen molar-refractivity contribution in [1.82, 2.24) is 4.98 Å². The Bertz CT molecular complexity index is 1080. The highest BCUT2D eigenvalue weighted by Gasteiger charge is 2.24. The summed E-state index contributed by atoms with van der Waals surface area (Å²) in [6.45, 7) is 4.02. The fourth-order valence-electron chi connectivity index (χ4n) is 3.14. The first-order chi connectivity index (χ1) is 15.1. The van der Waals surface area contributed by atoms with Gasteiger partial charge in [-0.15, -0.1) is 0 Å². The lowest BCUT2D eigenvalue weighted by Crippen LogP contribution is -2.19. The summed E-state index contributed by atoms with van der Waals surface area (Å²) < 4.78 is 10.5. The van der Waals surface area contributed by atoms with Gasteiger partial charge >= 0.3 is 5.97 Å². The third kappa shape index (κ3) is 5.25. The smallest absolute Gasteiger partial charge is 0.319 e. The number of esters is 1. The van der Waals surface area contributed by atoms with Gasteiger partial charge in [0.15, 0.2) is 0 Å². The maximum Gasteiger partial charge on any atom is 0.319 e. The molecule has 1 heterocycles. The van der Waals surface area contributed by atoms with E-state index >= 15 is 0 Å². The maximum atomic E-state index is 12.4. The highest BCUT2D eigenvalue weighted by molar-refractivity contribution is 8.00. The second kappa shape index (κ2) is 10.6. The Morgan fingerprint density at radius 2 is 1.81 bits per heavy atom. The van der Waals surface area contributed by atoms with Crippen molar-refractivity contribution >= 4 is 17.7 Å². The zero-order valence-corrected chi connectivity index (χ0v) is 18.6. The van der Waals surface area contributed by atoms with Crippen molar-refractivity contribution in [1.29, 1.82) is 5.26 Å². The lowest BCUT2D eigenvalue weighted by atomic mass is 9.99. The number of carbonyl (C=O) groups excluding carboxylic acids is 1. The maximum absolute atomic E-state index is 12.4. The summed E-state index contributed by atoms with van der Waals surface area (Å²) in [7, 11) is 1.62. The third-order valence-corrected chi connectivity index (χ3v) is 6.07. The molecule has 2 aromatic carbocycles. The molecule has 0 amide bonds. The van der Waals surface area contributed by atoms with Gasteiger partial charge in [-0.25, -0.2) is 4.98 Å². The van der Waals surface area contributed by atoms with E-state index < -0.39 is 5.25 Å². The van der Waals surface area contributed by atoms with Crippen molar-refractivity contribution < 1.29 is 14.3 Å². The zero-order chi connectivity index (χ0) is 22.2. The van der Waals surface area contributed by atoms with Gasteiger partial charge in [-0.1, -0.05) is 49.0 Å². The second-order valence-corrected chi connectivity index (χ2v) is 7.90. The van der Waals surface area contributed by atoms with E-state index in [1.807, 2.05) is 67.6 Å². The summed E-state index contributed by atoms with van der Waals surface area (Å²) in [6, 6.07) is 21.6. The molecule has 0 spiro atoms. The van der Waals surface area contributed by atoms with Crippen molar-refractivity contribution in [3.63, 3.8) is 0 Å². The molecule has 0 bridgehead atoms. The minimum atomic E-state index is -0.436. The molecule has 0 aliphatic rings. The van der Waals surface area contributed by atoms with Gasteiger partial charge in [-0.05, 0) is 49.2 Å². The Labute approximate surface area is 187 Å². The van der Waals surface area contributed by atoms with Crippen LogP contribution in [0.1, 0.15) is 25.8 Å². The number of carbonyl (C=O) groups is 1. The lowest BCUT2D eigenvalue weighted by molar-refractivity contribution is -0.142. The first-order valence-corrected chi connectivity index (χ1v) is 11.0. The van der Waals surface area contributed by atoms with Gasteiger partial charge in [0.1, 0.15) is 22.1 Å². The average molecular weight is 433 g/mol. The molecule has 0 fully saturated rings. The number of rotatable bonds is 8. The standard InChI is InChI=1S/C25H24N2O3S/c1-4-23(25(28)30-5-2)31-24-21(16-26)20(17-9-7-6-8-10-17)15-22(27-24)18-11-13-19(29-3)14-12-18/h6-15,23H,4-5H2,1-3H3/t23-/m1/s1. The molecule has 0 saturated carbocycles. The molecular weight excluding hydrogens is 408 g/mol. The second-order valence-electron chi connectivity index (χ2n) is 6.71. The van der Waals surface area contributed by atoms with Gasteiger partial charge in [-0.3, -0.25) is 4.79 Å². The number of ether oxygens (including phenoxy) is 2. The molecule has 0 radical (unpaired) electrons. The largest absolute Gasteiger partial charge is 0.497 e. The summed E-state index contributed by atoms with van der Waals surface area (Å²) in [5.74, 6) is 0.459. The fraction of sp³-hybridized carbons (Fsp3) is 0.240. The molecular formula is C25H24N2O3S. The molecule has 1 atom stereocenters. The van der Waals surface area contributed by atoms with Crippen LogP contribution in [0.15, 0.2) is 65.7 Å². The van der Waals surface area contributed by atoms with E-state index in [2.05, 4.69) is 6.07 Å². The van der Waals surface area contributed by atoms with Crippen molar-refractivity contribution in [3.8, 4) is 34.2 Å². The monoisotopic (exact) mass is 432 g/mol. The number of aromatic nitrogens is 1. The number of thioether (sulfide) groups is 1. The molecule has 1 aromatic heterocycles. The lowest BCUT2D eigenvalue weighted by Gasteiger charge is -2.16. The van der Waals surface area contributed by atoms with E-state index in [-0.39, 0.29) is 5.97 Å². The molecule has 31 heavy (non-hydrogen) atoms. The molecule has 6 heteroatoms. The molecule has 5 nitrogen and oxygen atoms in total. The molecule has 0 N–H and O–H groups in total. The van der Waals surface area contributed by atoms with Crippen LogP contribution in [0, 0.1) is 11.3 Å². The van der Waals surface area contributed by atoms with Crippen molar-refractivity contribution in [2.24, 2.45) is 0 Å². The van der Waals surface area contributed by atoms with Gasteiger partial charge in [0.2, 0.25) is 0 Å². The van der Waals surface area contributed by atoms with Crippen LogP contribution in [0.5, 0.6) is 5.75 Å². The number of benzene rings is 2. The van der Waals surface area contributed by atoms with Gasteiger partial charge in [0.25, 0.3) is 0 Å². The number of nitriles is 1. The van der Waals surface area contributed by atoms with E-state index in [0.29, 0.717) is 23.6 Å². The number of methoxy groups -OCH3 is 1. The summed E-state index contributed by atoms with van der Waals surface area (Å²) >= 11 is 1.28. The SMILES string of the molecule is CCOC(=O)[C@@H](CC)Sc1nc(-c2ccc(OC)cc2)cc(-c2ccccc2)c1C#N. The van der Waals surface area contributed by atoms with Crippen LogP contribution < -0.4 is 4.74 Å². The normalized spacial score (nSPS) is 11.4. The number of hydrogen-bond donors (Lipinski definition) is 0. The van der Waals surface area contributed by atoms with E-state index in [0.717, 1.165) is 28.1 Å². The molecule has 0 aliphatic heterocycles. The summed E-state index contributed by atoms with van der Waals surface area (Å²) in [6.07, 6.45) is 0.573. The highest BCUT2D eigenvalue weighted by Crippen LogP contribution is 2.36. The van der Waals surface area contributed by atoms with Crippen molar-refractivity contribution in [2.45, 2.75) is 30.5 Å². The zero-order valence-electron chi connectivity index (χ0n) is 17.8. The van der Waals surface area contributed by atoms with E-state index in [4.69, 9.17) is 14.5 Å². The molecule has 0 unspecified atom stereocenters. The quantitative estimate of drug-likeness (QED) is 0.334. The number of hydrogen-bond acceptors (Lipinski definition) is 6. The van der Waals surface area contributed by atoms with Crippen LogP contribution in [0.3, 0.4) is 0 Å². The summed E-state index contributed by atoms with van der Waals surface area (Å²) in [5, 5.41) is 10.1. The van der Waals surface area contributed by atoms with Crippen molar-refractivity contribution in [3.05, 3.63) is 66.2 Å². The van der Waals surface area contributed by atoms with Crippen LogP contribution in [0.25, 0.3) is 22.4 Å². The van der Waals surface area contributed by atoms with Gasteiger partial charge < -0.3 is 9.47 Å². The topological polar surface area (TPSA) is 72.2 Å². The molecule has 0 aliphatic carbocycles. The Morgan fingerprint density at radius 1 is 1.10 bits per heavy atom. The number of nitrogens with zero attached hydrogens (tertiary/aromatic N) is 2. The Hall–Kier alpha value is -3.30. The Morgan fingerprint density at radius 3 is 2.39 bits per heavy atom. The van der Waals surface area contributed by atoms with Gasteiger partial charge in [0.05, 0.1) is 25.0 Å². The van der Waals surface area contributed by atoms with E-state index in [1.165, 1.54) is 11.8 Å². The van der Waals surface area contributed by atoms with E-state index in [9.17, 15) is 10.1 Å². The van der Waals surface area contributed by atoms with E-state index in [1.54, 1.807) is 14.0 Å². The predicted molar refractivity (Wildman–Crippen MR) is 123 cm³/mol. The highest BCUT2D eigenvalue weighted by atomic mass is 32.2. The van der Waals surface area contributed by atoms with Crippen LogP contribution in [-0.4, -0.2) is 29.9 Å².